The Morgan fingerprint density at radius 2 is 1.53 bits per heavy atom. The van der Waals surface area contributed by atoms with Crippen molar-refractivity contribution >= 4 is 34.2 Å². The van der Waals surface area contributed by atoms with Gasteiger partial charge in [0.15, 0.2) is 0 Å². The molecule has 6 heteroatoms. The maximum Gasteiger partial charge on any atom is 0.339 e. The molecule has 6 rings (SSSR count). The molecule has 0 unspecified atom stereocenters. The molecular weight excluding hydrogens is 454 g/mol. The molecule has 1 heterocycles. The monoisotopic (exact) mass is 473 g/mol. The maximum absolute atomic E-state index is 13.6. The third-order valence-corrected chi connectivity index (χ3v) is 6.14. The zero-order valence-corrected chi connectivity index (χ0v) is 19.0. The van der Waals surface area contributed by atoms with Gasteiger partial charge >= 0.3 is 5.97 Å². The number of esters is 1. The zero-order chi connectivity index (χ0) is 24.6. The van der Waals surface area contributed by atoms with Gasteiger partial charge < -0.3 is 9.47 Å². The Morgan fingerprint density at radius 1 is 0.750 bits per heavy atom. The number of benzene rings is 4. The SMILES string of the molecule is O=C(Oc1ccc(N2C(=O)c3cccc4cc(Oc5ccccc5)cc(c34)C2=O)cc1)C1=CC=CC1. The third kappa shape index (κ3) is 3.75. The fraction of sp³-hybridized carbons (Fsp3) is 0.0333. The molecule has 0 atom stereocenters. The van der Waals surface area contributed by atoms with Crippen LogP contribution in [0.4, 0.5) is 5.69 Å². The minimum absolute atomic E-state index is 0.328. The molecule has 0 saturated carbocycles. The van der Waals surface area contributed by atoms with Gasteiger partial charge in [-0.05, 0) is 66.4 Å². The Kier molecular flexibility index (Phi) is 5.19. The van der Waals surface area contributed by atoms with Crippen molar-refractivity contribution in [3.05, 3.63) is 120 Å². The first kappa shape index (κ1) is 21.6. The normalized spacial score (nSPS) is 14.2. The second kappa shape index (κ2) is 8.67. The average molecular weight is 473 g/mol. The Labute approximate surface area is 206 Å². The number of carbonyl (C=O) groups is 3. The van der Waals surface area contributed by atoms with E-state index in [0.29, 0.717) is 51.4 Å². The maximum atomic E-state index is 13.6. The van der Waals surface area contributed by atoms with E-state index < -0.39 is 17.8 Å². The molecule has 4 aromatic rings. The summed E-state index contributed by atoms with van der Waals surface area (Å²) < 4.78 is 11.4. The van der Waals surface area contributed by atoms with Crippen LogP contribution in [0.1, 0.15) is 27.1 Å². The minimum atomic E-state index is -0.450. The number of rotatable bonds is 5. The van der Waals surface area contributed by atoms with Gasteiger partial charge in [-0.3, -0.25) is 9.59 Å². The number of hydrogen-bond donors (Lipinski definition) is 0. The fourth-order valence-corrected chi connectivity index (χ4v) is 4.43. The van der Waals surface area contributed by atoms with Crippen LogP contribution < -0.4 is 14.4 Å². The van der Waals surface area contributed by atoms with Crippen LogP contribution in [-0.2, 0) is 4.79 Å². The molecule has 6 nitrogen and oxygen atoms in total. The fourth-order valence-electron chi connectivity index (χ4n) is 4.43. The first-order valence-electron chi connectivity index (χ1n) is 11.4. The van der Waals surface area contributed by atoms with Gasteiger partial charge in [-0.25, -0.2) is 9.69 Å². The van der Waals surface area contributed by atoms with Crippen molar-refractivity contribution in [1.82, 2.24) is 0 Å². The summed E-state index contributed by atoms with van der Waals surface area (Å²) in [7, 11) is 0. The number of hydrogen-bond acceptors (Lipinski definition) is 5. The van der Waals surface area contributed by atoms with E-state index in [1.807, 2.05) is 54.6 Å². The highest BCUT2D eigenvalue weighted by Gasteiger charge is 2.34. The molecule has 36 heavy (non-hydrogen) atoms. The van der Waals surface area contributed by atoms with Gasteiger partial charge in [-0.1, -0.05) is 48.6 Å². The van der Waals surface area contributed by atoms with Crippen LogP contribution in [0.25, 0.3) is 10.8 Å². The molecular formula is C30H19NO5. The van der Waals surface area contributed by atoms with Gasteiger partial charge in [0.25, 0.3) is 11.8 Å². The van der Waals surface area contributed by atoms with Crippen molar-refractivity contribution in [2.45, 2.75) is 6.42 Å². The molecule has 0 fully saturated rings. The topological polar surface area (TPSA) is 72.9 Å². The summed E-state index contributed by atoms with van der Waals surface area (Å²) in [4.78, 5) is 40.4. The van der Waals surface area contributed by atoms with E-state index in [-0.39, 0.29) is 0 Å². The molecule has 0 radical (unpaired) electrons. The Balaban J connectivity index is 1.33. The van der Waals surface area contributed by atoms with Crippen LogP contribution in [-0.4, -0.2) is 17.8 Å². The minimum Gasteiger partial charge on any atom is -0.457 e. The lowest BCUT2D eigenvalue weighted by atomic mass is 9.93. The van der Waals surface area contributed by atoms with E-state index in [4.69, 9.17) is 9.47 Å². The molecule has 1 aliphatic heterocycles. The van der Waals surface area contributed by atoms with Crippen molar-refractivity contribution in [3.8, 4) is 17.2 Å². The number of amides is 2. The molecule has 0 aromatic heterocycles. The van der Waals surface area contributed by atoms with E-state index in [1.54, 1.807) is 48.5 Å². The number of imide groups is 1. The molecule has 2 aliphatic rings. The number of anilines is 1. The lowest BCUT2D eigenvalue weighted by Gasteiger charge is -2.27. The largest absolute Gasteiger partial charge is 0.457 e. The lowest BCUT2D eigenvalue weighted by molar-refractivity contribution is -0.130. The third-order valence-electron chi connectivity index (χ3n) is 6.14. The summed E-state index contributed by atoms with van der Waals surface area (Å²) in [5.74, 6) is 0.182. The van der Waals surface area contributed by atoms with Crippen molar-refractivity contribution in [2.75, 3.05) is 4.90 Å². The van der Waals surface area contributed by atoms with Gasteiger partial charge in [0.2, 0.25) is 0 Å². The molecule has 4 aromatic carbocycles. The van der Waals surface area contributed by atoms with Gasteiger partial charge in [-0.15, -0.1) is 0 Å². The second-order valence-electron chi connectivity index (χ2n) is 8.44. The predicted octanol–water partition coefficient (Wildman–Crippen LogP) is 6.22. The smallest absolute Gasteiger partial charge is 0.339 e. The summed E-state index contributed by atoms with van der Waals surface area (Å²) in [5.41, 5.74) is 1.76. The van der Waals surface area contributed by atoms with Gasteiger partial charge in [0, 0.05) is 16.5 Å². The number of ether oxygens (including phenoxy) is 2. The Morgan fingerprint density at radius 3 is 2.28 bits per heavy atom. The van der Waals surface area contributed by atoms with Crippen LogP contribution in [0.3, 0.4) is 0 Å². The standard InChI is InChI=1S/C30H19NO5/c32-28-25-12-6-9-20-17-24(35-22-10-2-1-3-11-22)18-26(27(20)25)29(33)31(28)21-13-15-23(16-14-21)36-30(34)19-7-4-5-8-19/h1-7,9-18H,8H2. The van der Waals surface area contributed by atoms with E-state index >= 15 is 0 Å². The molecule has 174 valence electrons. The lowest BCUT2D eigenvalue weighted by Crippen LogP contribution is -2.40. The first-order chi connectivity index (χ1) is 17.6. The van der Waals surface area contributed by atoms with Gasteiger partial charge in [0.1, 0.15) is 17.2 Å². The summed E-state index contributed by atoms with van der Waals surface area (Å²) in [5, 5.41) is 1.35. The Hall–Kier alpha value is -4.97. The van der Waals surface area contributed by atoms with E-state index in [2.05, 4.69) is 0 Å². The van der Waals surface area contributed by atoms with Crippen LogP contribution in [0.5, 0.6) is 17.2 Å². The number of para-hydroxylation sites is 1. The molecule has 0 saturated heterocycles. The Bertz CT molecular complexity index is 1600. The van der Waals surface area contributed by atoms with Crippen molar-refractivity contribution in [2.24, 2.45) is 0 Å². The van der Waals surface area contributed by atoms with E-state index in [0.717, 1.165) is 10.3 Å². The zero-order valence-electron chi connectivity index (χ0n) is 19.0. The molecule has 2 amide bonds. The van der Waals surface area contributed by atoms with Crippen LogP contribution >= 0.6 is 0 Å². The highest BCUT2D eigenvalue weighted by Crippen LogP contribution is 2.37. The average Bonchev–Trinajstić information content (AvgIpc) is 3.44. The molecule has 1 aliphatic carbocycles. The van der Waals surface area contributed by atoms with Crippen LogP contribution in [0.2, 0.25) is 0 Å². The highest BCUT2D eigenvalue weighted by molar-refractivity contribution is 6.36. The summed E-state index contributed by atoms with van der Waals surface area (Å²) in [6.07, 6.45) is 5.94. The van der Waals surface area contributed by atoms with E-state index in [9.17, 15) is 14.4 Å². The highest BCUT2D eigenvalue weighted by atomic mass is 16.5. The molecule has 0 N–H and O–H groups in total. The summed E-state index contributed by atoms with van der Waals surface area (Å²) >= 11 is 0. The number of allylic oxidation sites excluding steroid dienone is 3. The summed E-state index contributed by atoms with van der Waals surface area (Å²) in [6.45, 7) is 0. The van der Waals surface area contributed by atoms with Crippen LogP contribution in [0.15, 0.2) is 109 Å². The van der Waals surface area contributed by atoms with Crippen LogP contribution in [0, 0.1) is 0 Å². The number of nitrogens with zero attached hydrogens (tertiary/aromatic N) is 1. The summed E-state index contributed by atoms with van der Waals surface area (Å²) in [6, 6.07) is 24.5. The first-order valence-corrected chi connectivity index (χ1v) is 11.4. The molecule has 0 spiro atoms. The predicted molar refractivity (Wildman–Crippen MR) is 136 cm³/mol. The van der Waals surface area contributed by atoms with Crippen molar-refractivity contribution in [3.63, 3.8) is 0 Å². The molecule has 0 bridgehead atoms. The number of carbonyl (C=O) groups excluding carboxylic acids is 3. The quantitative estimate of drug-likeness (QED) is 0.195. The van der Waals surface area contributed by atoms with Crippen molar-refractivity contribution in [1.29, 1.82) is 0 Å². The van der Waals surface area contributed by atoms with Crippen molar-refractivity contribution < 1.29 is 23.9 Å². The van der Waals surface area contributed by atoms with Gasteiger partial charge in [0.05, 0.1) is 11.3 Å². The van der Waals surface area contributed by atoms with E-state index in [1.165, 1.54) is 0 Å². The second-order valence-corrected chi connectivity index (χ2v) is 8.44. The van der Waals surface area contributed by atoms with Gasteiger partial charge in [-0.2, -0.15) is 0 Å².